The average Bonchev–Trinajstić information content (AvgIpc) is 2.36. The van der Waals surface area contributed by atoms with Crippen molar-refractivity contribution in [2.24, 2.45) is 0 Å². The standard InChI is InChI=1S/C13H19ClN2O2/c1-2-3-7-18-8-6-16-13(17)10-4-5-12(15)11(14)9-10/h4-5,9H,2-3,6-8,15H2,1H3,(H,16,17). The first-order valence-electron chi connectivity index (χ1n) is 6.06. The number of nitrogens with two attached hydrogens (primary N) is 1. The van der Waals surface area contributed by atoms with Crippen LogP contribution in [0.5, 0.6) is 0 Å². The van der Waals surface area contributed by atoms with Gasteiger partial charge in [0.25, 0.3) is 5.91 Å². The van der Waals surface area contributed by atoms with E-state index in [2.05, 4.69) is 12.2 Å². The van der Waals surface area contributed by atoms with Gasteiger partial charge in [-0.2, -0.15) is 0 Å². The molecule has 1 rings (SSSR count). The zero-order chi connectivity index (χ0) is 13.4. The van der Waals surface area contributed by atoms with Crippen molar-refractivity contribution in [2.45, 2.75) is 19.8 Å². The van der Waals surface area contributed by atoms with Crippen LogP contribution in [0.2, 0.25) is 5.02 Å². The lowest BCUT2D eigenvalue weighted by molar-refractivity contribution is 0.0913. The SMILES string of the molecule is CCCCOCCNC(=O)c1ccc(N)c(Cl)c1. The van der Waals surface area contributed by atoms with Gasteiger partial charge in [-0.1, -0.05) is 24.9 Å². The molecule has 1 aromatic rings. The Morgan fingerprint density at radius 1 is 1.44 bits per heavy atom. The first kappa shape index (κ1) is 14.8. The molecule has 100 valence electrons. The summed E-state index contributed by atoms with van der Waals surface area (Å²) in [5.41, 5.74) is 6.54. The zero-order valence-corrected chi connectivity index (χ0v) is 11.3. The minimum absolute atomic E-state index is 0.170. The number of ether oxygens (including phenoxy) is 1. The molecule has 0 unspecified atom stereocenters. The molecule has 0 radical (unpaired) electrons. The summed E-state index contributed by atoms with van der Waals surface area (Å²) in [5.74, 6) is -0.170. The van der Waals surface area contributed by atoms with Crippen LogP contribution in [0.3, 0.4) is 0 Å². The summed E-state index contributed by atoms with van der Waals surface area (Å²) in [7, 11) is 0. The summed E-state index contributed by atoms with van der Waals surface area (Å²) >= 11 is 5.85. The first-order valence-corrected chi connectivity index (χ1v) is 6.44. The van der Waals surface area contributed by atoms with Crippen molar-refractivity contribution < 1.29 is 9.53 Å². The minimum atomic E-state index is -0.170. The number of nitrogens with one attached hydrogen (secondary N) is 1. The second-order valence-corrected chi connectivity index (χ2v) is 4.37. The molecule has 0 saturated heterocycles. The van der Waals surface area contributed by atoms with Gasteiger partial charge in [-0.3, -0.25) is 4.79 Å². The molecule has 0 bridgehead atoms. The van der Waals surface area contributed by atoms with E-state index >= 15 is 0 Å². The molecule has 18 heavy (non-hydrogen) atoms. The third kappa shape index (κ3) is 4.94. The lowest BCUT2D eigenvalue weighted by Crippen LogP contribution is -2.27. The normalized spacial score (nSPS) is 10.3. The summed E-state index contributed by atoms with van der Waals surface area (Å²) < 4.78 is 5.34. The van der Waals surface area contributed by atoms with Crippen LogP contribution in [-0.2, 0) is 4.74 Å². The number of halogens is 1. The molecule has 0 heterocycles. The Kier molecular flexibility index (Phi) is 6.54. The quantitative estimate of drug-likeness (QED) is 0.591. The summed E-state index contributed by atoms with van der Waals surface area (Å²) in [6, 6.07) is 4.83. The van der Waals surface area contributed by atoms with E-state index in [1.807, 2.05) is 0 Å². The second-order valence-electron chi connectivity index (χ2n) is 3.96. The number of anilines is 1. The Labute approximate surface area is 112 Å². The number of nitrogen functional groups attached to an aromatic ring is 1. The third-order valence-electron chi connectivity index (χ3n) is 2.44. The Balaban J connectivity index is 2.30. The van der Waals surface area contributed by atoms with Gasteiger partial charge >= 0.3 is 0 Å². The molecule has 0 aromatic heterocycles. The molecule has 0 saturated carbocycles. The predicted molar refractivity (Wildman–Crippen MR) is 73.9 cm³/mol. The van der Waals surface area contributed by atoms with Crippen molar-refractivity contribution >= 4 is 23.2 Å². The predicted octanol–water partition coefficient (Wildman–Crippen LogP) is 2.47. The number of hydrogen-bond acceptors (Lipinski definition) is 3. The highest BCUT2D eigenvalue weighted by Gasteiger charge is 2.06. The van der Waals surface area contributed by atoms with Crippen molar-refractivity contribution in [1.29, 1.82) is 0 Å². The lowest BCUT2D eigenvalue weighted by Gasteiger charge is -2.07. The maximum Gasteiger partial charge on any atom is 0.251 e. The van der Waals surface area contributed by atoms with E-state index in [1.165, 1.54) is 0 Å². The monoisotopic (exact) mass is 270 g/mol. The van der Waals surface area contributed by atoms with Gasteiger partial charge in [0, 0.05) is 18.7 Å². The highest BCUT2D eigenvalue weighted by atomic mass is 35.5. The number of benzene rings is 1. The lowest BCUT2D eigenvalue weighted by atomic mass is 10.2. The van der Waals surface area contributed by atoms with E-state index in [1.54, 1.807) is 18.2 Å². The maximum absolute atomic E-state index is 11.7. The van der Waals surface area contributed by atoms with Crippen LogP contribution in [0.25, 0.3) is 0 Å². The molecule has 0 fully saturated rings. The number of carbonyl (C=O) groups excluding carboxylic acids is 1. The zero-order valence-electron chi connectivity index (χ0n) is 10.5. The molecule has 1 aromatic carbocycles. The summed E-state index contributed by atoms with van der Waals surface area (Å²) in [6.45, 7) is 3.86. The highest BCUT2D eigenvalue weighted by molar-refractivity contribution is 6.33. The minimum Gasteiger partial charge on any atom is -0.398 e. The van der Waals surface area contributed by atoms with E-state index in [0.29, 0.717) is 29.4 Å². The Hall–Kier alpha value is -1.26. The highest BCUT2D eigenvalue weighted by Crippen LogP contribution is 2.19. The molecule has 3 N–H and O–H groups in total. The average molecular weight is 271 g/mol. The number of amides is 1. The molecule has 0 aliphatic carbocycles. The van der Waals surface area contributed by atoms with Gasteiger partial charge in [0.2, 0.25) is 0 Å². The van der Waals surface area contributed by atoms with E-state index in [-0.39, 0.29) is 5.91 Å². The van der Waals surface area contributed by atoms with Crippen LogP contribution in [0.15, 0.2) is 18.2 Å². The van der Waals surface area contributed by atoms with Gasteiger partial charge in [0.05, 0.1) is 17.3 Å². The number of hydrogen-bond donors (Lipinski definition) is 2. The van der Waals surface area contributed by atoms with Crippen molar-refractivity contribution in [1.82, 2.24) is 5.32 Å². The van der Waals surface area contributed by atoms with Gasteiger partial charge in [-0.05, 0) is 24.6 Å². The van der Waals surface area contributed by atoms with Crippen molar-refractivity contribution in [3.05, 3.63) is 28.8 Å². The van der Waals surface area contributed by atoms with Crippen molar-refractivity contribution in [3.63, 3.8) is 0 Å². The van der Waals surface area contributed by atoms with Gasteiger partial charge in [-0.15, -0.1) is 0 Å². The maximum atomic E-state index is 11.7. The molecular formula is C13H19ClN2O2. The Bertz CT molecular complexity index is 397. The molecule has 0 aliphatic rings. The van der Waals surface area contributed by atoms with Crippen molar-refractivity contribution in [2.75, 3.05) is 25.5 Å². The topological polar surface area (TPSA) is 64.3 Å². The third-order valence-corrected chi connectivity index (χ3v) is 2.76. The fourth-order valence-electron chi connectivity index (χ4n) is 1.36. The summed E-state index contributed by atoms with van der Waals surface area (Å²) in [6.07, 6.45) is 2.15. The van der Waals surface area contributed by atoms with E-state index in [0.717, 1.165) is 19.4 Å². The van der Waals surface area contributed by atoms with Crippen LogP contribution in [0.1, 0.15) is 30.1 Å². The number of unbranched alkanes of at least 4 members (excludes halogenated alkanes) is 1. The van der Waals surface area contributed by atoms with Crippen molar-refractivity contribution in [3.8, 4) is 0 Å². The van der Waals surface area contributed by atoms with Crippen LogP contribution < -0.4 is 11.1 Å². The fraction of sp³-hybridized carbons (Fsp3) is 0.462. The van der Waals surface area contributed by atoms with Gasteiger partial charge in [-0.25, -0.2) is 0 Å². The van der Waals surface area contributed by atoms with Crippen LogP contribution in [0, 0.1) is 0 Å². The van der Waals surface area contributed by atoms with Crippen LogP contribution in [0.4, 0.5) is 5.69 Å². The number of rotatable bonds is 7. The van der Waals surface area contributed by atoms with E-state index in [4.69, 9.17) is 22.1 Å². The number of carbonyl (C=O) groups is 1. The van der Waals surface area contributed by atoms with Gasteiger partial charge in [0.1, 0.15) is 0 Å². The van der Waals surface area contributed by atoms with Gasteiger partial charge in [0.15, 0.2) is 0 Å². The van der Waals surface area contributed by atoms with Crippen LogP contribution in [-0.4, -0.2) is 25.7 Å². The Morgan fingerprint density at radius 2 is 2.22 bits per heavy atom. The molecule has 0 spiro atoms. The fourth-order valence-corrected chi connectivity index (χ4v) is 1.54. The molecule has 4 nitrogen and oxygen atoms in total. The molecular weight excluding hydrogens is 252 g/mol. The van der Waals surface area contributed by atoms with Gasteiger partial charge < -0.3 is 15.8 Å². The molecule has 0 atom stereocenters. The Morgan fingerprint density at radius 3 is 2.89 bits per heavy atom. The molecule has 1 amide bonds. The second kappa shape index (κ2) is 7.95. The molecule has 0 aliphatic heterocycles. The molecule has 5 heteroatoms. The first-order chi connectivity index (χ1) is 8.65. The smallest absolute Gasteiger partial charge is 0.251 e. The largest absolute Gasteiger partial charge is 0.398 e. The summed E-state index contributed by atoms with van der Waals surface area (Å²) in [4.78, 5) is 11.7. The van der Waals surface area contributed by atoms with Crippen LogP contribution >= 0.6 is 11.6 Å². The van der Waals surface area contributed by atoms with E-state index in [9.17, 15) is 4.79 Å². The summed E-state index contributed by atoms with van der Waals surface area (Å²) in [5, 5.41) is 3.15. The van der Waals surface area contributed by atoms with E-state index < -0.39 is 0 Å².